The topological polar surface area (TPSA) is 79.5 Å². The number of carbonyl (C=O) groups excluding carboxylic acids is 2. The Hall–Kier alpha value is -4.06. The molecule has 0 radical (unpaired) electrons. The summed E-state index contributed by atoms with van der Waals surface area (Å²) >= 11 is 0. The molecule has 3 aromatic rings. The van der Waals surface area contributed by atoms with Crippen molar-refractivity contribution in [2.24, 2.45) is 0 Å². The lowest BCUT2D eigenvalue weighted by atomic mass is 9.87. The molecule has 168 valence electrons. The van der Waals surface area contributed by atoms with Crippen LogP contribution >= 0.6 is 0 Å². The quantitative estimate of drug-likeness (QED) is 0.486. The third kappa shape index (κ3) is 4.60. The second kappa shape index (κ2) is 8.82. The van der Waals surface area contributed by atoms with Gasteiger partial charge in [0.25, 0.3) is 5.91 Å². The summed E-state index contributed by atoms with van der Waals surface area (Å²) in [5.74, 6) is 0.292. The van der Waals surface area contributed by atoms with E-state index in [2.05, 4.69) is 22.7 Å². The van der Waals surface area contributed by atoms with Crippen LogP contribution < -0.4 is 20.9 Å². The van der Waals surface area contributed by atoms with Gasteiger partial charge in [0.1, 0.15) is 11.5 Å². The van der Waals surface area contributed by atoms with E-state index >= 15 is 0 Å². The largest absolute Gasteiger partial charge is 0.457 e. The molecule has 6 heteroatoms. The number of fused-ring (bicyclic) bond motifs is 2. The van der Waals surface area contributed by atoms with Crippen LogP contribution in [0.2, 0.25) is 0 Å². The lowest BCUT2D eigenvalue weighted by molar-refractivity contribution is -0.122. The Morgan fingerprint density at radius 1 is 0.879 bits per heavy atom. The second-order valence-electron chi connectivity index (χ2n) is 8.67. The number of ether oxygens (including phenoxy) is 1. The molecule has 0 fully saturated rings. The Labute approximate surface area is 193 Å². The molecule has 3 amide bonds. The molecule has 1 aliphatic rings. The predicted octanol–water partition coefficient (Wildman–Crippen LogP) is 5.22. The lowest BCUT2D eigenvalue weighted by Gasteiger charge is -2.29. The zero-order chi connectivity index (χ0) is 23.6. The Morgan fingerprint density at radius 3 is 2.09 bits per heavy atom. The van der Waals surface area contributed by atoms with Gasteiger partial charge in [0.15, 0.2) is 0 Å². The number of rotatable bonds is 4. The summed E-state index contributed by atoms with van der Waals surface area (Å²) < 4.78 is 5.94. The average molecular weight is 442 g/mol. The predicted molar refractivity (Wildman–Crippen MR) is 129 cm³/mol. The van der Waals surface area contributed by atoms with E-state index in [0.717, 1.165) is 27.8 Å². The van der Waals surface area contributed by atoms with Crippen molar-refractivity contribution in [1.29, 1.82) is 0 Å². The maximum Gasteiger partial charge on any atom is 0.334 e. The average Bonchev–Trinajstić information content (AvgIpc) is 2.80. The summed E-state index contributed by atoms with van der Waals surface area (Å²) in [5.41, 5.74) is 8.76. The molecule has 0 saturated heterocycles. The first-order valence-corrected chi connectivity index (χ1v) is 10.8. The van der Waals surface area contributed by atoms with Gasteiger partial charge in [-0.2, -0.15) is 0 Å². The van der Waals surface area contributed by atoms with Gasteiger partial charge in [0.05, 0.1) is 11.5 Å². The van der Waals surface area contributed by atoms with Crippen LogP contribution in [-0.4, -0.2) is 11.9 Å². The Bertz CT molecular complexity index is 1190. The Morgan fingerprint density at radius 2 is 1.48 bits per heavy atom. The molecule has 3 aromatic carbocycles. The summed E-state index contributed by atoms with van der Waals surface area (Å²) in [5, 5.41) is 2.92. The monoisotopic (exact) mass is 441 g/mol. The highest BCUT2D eigenvalue weighted by atomic mass is 16.5. The minimum absolute atomic E-state index is 0.351. The molecule has 0 spiro atoms. The molecule has 0 aliphatic carbocycles. The summed E-state index contributed by atoms with van der Waals surface area (Å²) in [6.45, 7) is 9.72. The number of amides is 3. The second-order valence-corrected chi connectivity index (χ2v) is 8.67. The molecule has 1 aliphatic heterocycles. The van der Waals surface area contributed by atoms with Crippen molar-refractivity contribution in [3.8, 4) is 11.5 Å². The number of para-hydroxylation sites is 2. The summed E-state index contributed by atoms with van der Waals surface area (Å²) in [7, 11) is 0. The third-order valence-corrected chi connectivity index (χ3v) is 5.74. The lowest BCUT2D eigenvalue weighted by Crippen LogP contribution is -2.53. The highest BCUT2D eigenvalue weighted by molar-refractivity contribution is 5.91. The summed E-state index contributed by atoms with van der Waals surface area (Å²) in [4.78, 5) is 25.8. The van der Waals surface area contributed by atoms with Crippen molar-refractivity contribution in [2.45, 2.75) is 32.2 Å². The summed E-state index contributed by atoms with van der Waals surface area (Å²) in [6, 6.07) is 22.1. The van der Waals surface area contributed by atoms with E-state index in [4.69, 9.17) is 4.74 Å². The first-order chi connectivity index (χ1) is 15.8. The maximum absolute atomic E-state index is 13.2. The van der Waals surface area contributed by atoms with Gasteiger partial charge in [0, 0.05) is 11.1 Å². The number of hydrazine groups is 1. The van der Waals surface area contributed by atoms with E-state index in [1.807, 2.05) is 93.6 Å². The first-order valence-electron chi connectivity index (χ1n) is 10.8. The highest BCUT2D eigenvalue weighted by Gasteiger charge is 2.33. The SMILES string of the molecule is C=C(C)c1cccc(C(C)(C)NC(=O)NNC(=O)C2c3ccccc3Oc3ccccc32)c1. The van der Waals surface area contributed by atoms with Gasteiger partial charge >= 0.3 is 6.03 Å². The van der Waals surface area contributed by atoms with E-state index < -0.39 is 17.5 Å². The van der Waals surface area contributed by atoms with Crippen molar-refractivity contribution in [2.75, 3.05) is 0 Å². The van der Waals surface area contributed by atoms with E-state index in [1.165, 1.54) is 0 Å². The van der Waals surface area contributed by atoms with Gasteiger partial charge in [-0.05, 0) is 50.1 Å². The number of hydrogen-bond donors (Lipinski definition) is 3. The van der Waals surface area contributed by atoms with Crippen molar-refractivity contribution < 1.29 is 14.3 Å². The summed E-state index contributed by atoms with van der Waals surface area (Å²) in [6.07, 6.45) is 0. The zero-order valence-electron chi connectivity index (χ0n) is 18.9. The van der Waals surface area contributed by atoms with Crippen LogP contribution in [0.25, 0.3) is 5.57 Å². The van der Waals surface area contributed by atoms with Crippen LogP contribution in [0, 0.1) is 0 Å². The van der Waals surface area contributed by atoms with Gasteiger partial charge in [-0.3, -0.25) is 10.2 Å². The molecule has 3 N–H and O–H groups in total. The van der Waals surface area contributed by atoms with Crippen LogP contribution in [-0.2, 0) is 10.3 Å². The van der Waals surface area contributed by atoms with Gasteiger partial charge in [-0.1, -0.05) is 66.7 Å². The van der Waals surface area contributed by atoms with E-state index in [-0.39, 0.29) is 5.91 Å². The van der Waals surface area contributed by atoms with Gasteiger partial charge in [-0.25, -0.2) is 10.2 Å². The van der Waals surface area contributed by atoms with E-state index in [1.54, 1.807) is 0 Å². The number of nitrogens with one attached hydrogen (secondary N) is 3. The van der Waals surface area contributed by atoms with Crippen molar-refractivity contribution in [1.82, 2.24) is 16.2 Å². The van der Waals surface area contributed by atoms with E-state index in [0.29, 0.717) is 11.5 Å². The number of carbonyl (C=O) groups is 2. The zero-order valence-corrected chi connectivity index (χ0v) is 18.9. The smallest absolute Gasteiger partial charge is 0.334 e. The Kier molecular flexibility index (Phi) is 5.92. The molecular formula is C27H27N3O3. The van der Waals surface area contributed by atoms with Crippen LogP contribution in [0.3, 0.4) is 0 Å². The standard InChI is InChI=1S/C27H27N3O3/c1-17(2)18-10-9-11-19(16-18)27(3,4)28-26(32)30-29-25(31)24-20-12-5-7-14-22(20)33-23-15-8-6-13-21(23)24/h5-16,24H,1H2,2-4H3,(H,29,31)(H2,28,30,32). The van der Waals surface area contributed by atoms with Crippen LogP contribution in [0.15, 0.2) is 79.4 Å². The molecule has 33 heavy (non-hydrogen) atoms. The number of allylic oxidation sites excluding steroid dienone is 1. The van der Waals surface area contributed by atoms with Crippen LogP contribution in [0.1, 0.15) is 48.9 Å². The number of hydrogen-bond acceptors (Lipinski definition) is 3. The molecule has 1 heterocycles. The van der Waals surface area contributed by atoms with Gasteiger partial charge in [-0.15, -0.1) is 0 Å². The molecular weight excluding hydrogens is 414 g/mol. The van der Waals surface area contributed by atoms with Gasteiger partial charge in [0.2, 0.25) is 0 Å². The van der Waals surface area contributed by atoms with Gasteiger partial charge < -0.3 is 10.1 Å². The fourth-order valence-corrected chi connectivity index (χ4v) is 3.94. The fraction of sp³-hybridized carbons (Fsp3) is 0.185. The number of urea groups is 1. The normalized spacial score (nSPS) is 12.6. The molecule has 0 saturated carbocycles. The Balaban J connectivity index is 1.47. The molecule has 0 unspecified atom stereocenters. The van der Waals surface area contributed by atoms with Crippen LogP contribution in [0.4, 0.5) is 4.79 Å². The number of benzene rings is 3. The molecule has 0 atom stereocenters. The van der Waals surface area contributed by atoms with E-state index in [9.17, 15) is 9.59 Å². The van der Waals surface area contributed by atoms with Crippen molar-refractivity contribution >= 4 is 17.5 Å². The van der Waals surface area contributed by atoms with Crippen LogP contribution in [0.5, 0.6) is 11.5 Å². The highest BCUT2D eigenvalue weighted by Crippen LogP contribution is 2.43. The first kappa shape index (κ1) is 22.1. The molecule has 0 aromatic heterocycles. The maximum atomic E-state index is 13.2. The van der Waals surface area contributed by atoms with Crippen molar-refractivity contribution in [3.63, 3.8) is 0 Å². The molecule has 0 bridgehead atoms. The minimum Gasteiger partial charge on any atom is -0.457 e. The minimum atomic E-state index is -0.669. The fourth-order valence-electron chi connectivity index (χ4n) is 3.94. The molecule has 4 rings (SSSR count). The van der Waals surface area contributed by atoms with Crippen molar-refractivity contribution in [3.05, 3.63) is 102 Å². The molecule has 6 nitrogen and oxygen atoms in total. The third-order valence-electron chi connectivity index (χ3n) is 5.74.